The van der Waals surface area contributed by atoms with E-state index in [0.717, 1.165) is 62.9 Å². The first-order chi connectivity index (χ1) is 18.7. The second-order valence-corrected chi connectivity index (χ2v) is 13.4. The van der Waals surface area contributed by atoms with Gasteiger partial charge < -0.3 is 15.5 Å². The monoisotopic (exact) mass is 561 g/mol. The van der Waals surface area contributed by atoms with Crippen LogP contribution in [-0.4, -0.2) is 91.3 Å². The Morgan fingerprint density at radius 1 is 0.923 bits per heavy atom. The van der Waals surface area contributed by atoms with Gasteiger partial charge in [-0.3, -0.25) is 4.79 Å². The summed E-state index contributed by atoms with van der Waals surface area (Å²) in [5, 5.41) is 6.98. The van der Waals surface area contributed by atoms with Crippen molar-refractivity contribution in [1.82, 2.24) is 19.5 Å². The number of benzene rings is 1. The number of amides is 3. The van der Waals surface area contributed by atoms with Crippen LogP contribution in [-0.2, 0) is 14.8 Å². The molecule has 1 aromatic rings. The Kier molecular flexibility index (Phi) is 8.14. The number of sulfonamides is 1. The number of hydrogen-bond acceptors (Lipinski definition) is 5. The number of anilines is 1. The Morgan fingerprint density at radius 2 is 1.56 bits per heavy atom. The number of hydrogen-bond donors (Lipinski definition) is 2. The van der Waals surface area contributed by atoms with E-state index in [1.165, 1.54) is 19.2 Å². The van der Waals surface area contributed by atoms with Crippen LogP contribution in [0.5, 0.6) is 0 Å². The van der Waals surface area contributed by atoms with Gasteiger partial charge in [0.2, 0.25) is 22.0 Å². The van der Waals surface area contributed by atoms with E-state index < -0.39 is 10.0 Å². The van der Waals surface area contributed by atoms with Crippen molar-refractivity contribution in [3.63, 3.8) is 0 Å². The van der Waals surface area contributed by atoms with E-state index in [2.05, 4.69) is 10.6 Å². The molecule has 11 nitrogen and oxygen atoms in total. The molecule has 5 rings (SSSR count). The quantitative estimate of drug-likeness (QED) is 0.533. The molecule has 39 heavy (non-hydrogen) atoms. The summed E-state index contributed by atoms with van der Waals surface area (Å²) in [6, 6.07) is 5.44. The van der Waals surface area contributed by atoms with Crippen LogP contribution in [0.2, 0.25) is 0 Å². The lowest BCUT2D eigenvalue weighted by molar-refractivity contribution is -0.716. The summed E-state index contributed by atoms with van der Waals surface area (Å²) in [7, 11) is -2.11. The molecule has 0 aliphatic carbocycles. The zero-order valence-corrected chi connectivity index (χ0v) is 23.7. The molecule has 0 spiro atoms. The lowest BCUT2D eigenvalue weighted by atomic mass is 9.74. The highest BCUT2D eigenvalue weighted by atomic mass is 32.2. The van der Waals surface area contributed by atoms with Crippen molar-refractivity contribution in [3.05, 3.63) is 29.2 Å². The number of likely N-dealkylation sites (tertiary alicyclic amines) is 1. The van der Waals surface area contributed by atoms with Crippen LogP contribution >= 0.6 is 0 Å². The molecule has 4 unspecified atom stereocenters. The summed E-state index contributed by atoms with van der Waals surface area (Å²) in [6.07, 6.45) is 6.47. The average Bonchev–Trinajstić information content (AvgIpc) is 3.22. The van der Waals surface area contributed by atoms with E-state index in [-0.39, 0.29) is 34.8 Å². The molecule has 4 aliphatic rings. The third kappa shape index (κ3) is 5.50. The minimum Gasteiger partial charge on any atom is -0.342 e. The van der Waals surface area contributed by atoms with E-state index in [1.54, 1.807) is 16.4 Å². The maximum atomic E-state index is 13.5. The minimum atomic E-state index is -3.63. The van der Waals surface area contributed by atoms with Crippen LogP contribution in [0.25, 0.3) is 0 Å². The molecule has 3 amide bonds. The third-order valence-corrected chi connectivity index (χ3v) is 11.2. The molecule has 0 radical (unpaired) electrons. The van der Waals surface area contributed by atoms with Crippen LogP contribution in [0.3, 0.4) is 0 Å². The van der Waals surface area contributed by atoms with Crippen LogP contribution in [0.4, 0.5) is 10.5 Å². The van der Waals surface area contributed by atoms with Crippen LogP contribution < -0.4 is 10.6 Å². The molecule has 1 aromatic carbocycles. The molecule has 2 N–H and O–H groups in total. The van der Waals surface area contributed by atoms with Gasteiger partial charge in [0.05, 0.1) is 16.3 Å². The Hall–Kier alpha value is -2.73. The molecule has 12 heteroatoms. The molecule has 0 bridgehead atoms. The Balaban J connectivity index is 1.20. The molecule has 4 heterocycles. The number of nitrogens with zero attached hydrogens (tertiary/aromatic N) is 4. The van der Waals surface area contributed by atoms with E-state index in [0.29, 0.717) is 37.2 Å². The van der Waals surface area contributed by atoms with Gasteiger partial charge >= 0.3 is 6.03 Å². The smallest absolute Gasteiger partial charge is 0.318 e. The predicted molar refractivity (Wildman–Crippen MR) is 146 cm³/mol. The van der Waals surface area contributed by atoms with Crippen LogP contribution in [0.15, 0.2) is 29.2 Å². The minimum absolute atomic E-state index is 0.0747. The lowest BCUT2D eigenvalue weighted by Crippen LogP contribution is -2.50. The van der Waals surface area contributed by atoms with Crippen molar-refractivity contribution in [2.75, 3.05) is 45.1 Å². The second kappa shape index (κ2) is 11.4. The van der Waals surface area contributed by atoms with Crippen LogP contribution in [0.1, 0.15) is 51.9 Å². The summed E-state index contributed by atoms with van der Waals surface area (Å²) in [4.78, 5) is 41.2. The topological polar surface area (TPSA) is 122 Å². The van der Waals surface area contributed by atoms with E-state index in [9.17, 15) is 22.9 Å². The van der Waals surface area contributed by atoms with E-state index in [4.69, 9.17) is 0 Å². The number of urea groups is 1. The van der Waals surface area contributed by atoms with Gasteiger partial charge in [-0.15, -0.1) is 5.01 Å². The molecule has 4 saturated heterocycles. The zero-order chi connectivity index (χ0) is 27.7. The number of nitroso groups, excluding NO2 is 1. The first kappa shape index (κ1) is 27.8. The number of fused-ring (bicyclic) bond motifs is 1. The SMILES string of the molecule is CNC(=O)Nc1ccc(S(=O)(=O)N2CCC(C3CCN4C(C3)C(C(=O)N3CCCCC3)C(C)[N+]4=O)CC2)cc1. The van der Waals surface area contributed by atoms with Crippen molar-refractivity contribution >= 4 is 27.6 Å². The van der Waals surface area contributed by atoms with Crippen molar-refractivity contribution < 1.29 is 22.9 Å². The van der Waals surface area contributed by atoms with Crippen LogP contribution in [0, 0.1) is 22.7 Å². The van der Waals surface area contributed by atoms with Gasteiger partial charge in [0.25, 0.3) is 0 Å². The standard InChI is InChI=1S/C27H40N6O5S/c1-19-25(26(34)30-13-4-3-5-14-30)24-18-21(12-17-32(24)33(19)36)20-10-15-31(16-11-20)39(37,38)23-8-6-22(7-9-23)29-27(35)28-2/h6-9,19-21,24-25H,3-5,10-18H2,1-2H3,(H-,28,29,35)/p+1. The lowest BCUT2D eigenvalue weighted by Gasteiger charge is -2.40. The number of piperidine rings is 3. The molecule has 0 aromatic heterocycles. The number of carbonyl (C=O) groups excluding carboxylic acids is 2. The van der Waals surface area contributed by atoms with Gasteiger partial charge in [0.1, 0.15) is 16.8 Å². The molecular formula is C27H41N6O5S+. The fourth-order valence-corrected chi connectivity index (χ4v) is 8.52. The summed E-state index contributed by atoms with van der Waals surface area (Å²) < 4.78 is 28.1. The molecule has 4 aliphatic heterocycles. The third-order valence-electron chi connectivity index (χ3n) is 9.29. The van der Waals surface area contributed by atoms with Crippen molar-refractivity contribution in [1.29, 1.82) is 0 Å². The first-order valence-corrected chi connectivity index (χ1v) is 15.8. The van der Waals surface area contributed by atoms with Gasteiger partial charge in [0.15, 0.2) is 0 Å². The Labute approximate surface area is 230 Å². The van der Waals surface area contributed by atoms with Crippen molar-refractivity contribution in [3.8, 4) is 0 Å². The largest absolute Gasteiger partial charge is 0.342 e. The van der Waals surface area contributed by atoms with E-state index >= 15 is 0 Å². The fourth-order valence-electron chi connectivity index (χ4n) is 7.05. The summed E-state index contributed by atoms with van der Waals surface area (Å²) in [6.45, 7) is 5.03. The number of rotatable bonds is 5. The predicted octanol–water partition coefficient (Wildman–Crippen LogP) is 2.64. The van der Waals surface area contributed by atoms with Gasteiger partial charge in [-0.2, -0.15) is 4.31 Å². The summed E-state index contributed by atoms with van der Waals surface area (Å²) in [5.41, 5.74) is 0.522. The second-order valence-electron chi connectivity index (χ2n) is 11.4. The average molecular weight is 562 g/mol. The normalized spacial score (nSPS) is 28.7. The van der Waals surface area contributed by atoms with Gasteiger partial charge in [-0.25, -0.2) is 13.2 Å². The highest BCUT2D eigenvalue weighted by Gasteiger charge is 2.59. The molecule has 4 atom stereocenters. The molecule has 0 saturated carbocycles. The van der Waals surface area contributed by atoms with Gasteiger partial charge in [-0.1, -0.05) is 0 Å². The highest BCUT2D eigenvalue weighted by Crippen LogP contribution is 2.42. The van der Waals surface area contributed by atoms with Gasteiger partial charge in [-0.05, 0) is 81.0 Å². The molecule has 214 valence electrons. The Bertz CT molecular complexity index is 1180. The maximum absolute atomic E-state index is 13.5. The van der Waals surface area contributed by atoms with E-state index in [1.807, 2.05) is 16.8 Å². The Morgan fingerprint density at radius 3 is 2.21 bits per heavy atom. The highest BCUT2D eigenvalue weighted by molar-refractivity contribution is 7.89. The first-order valence-electron chi connectivity index (χ1n) is 14.3. The van der Waals surface area contributed by atoms with Crippen molar-refractivity contribution in [2.45, 2.75) is 68.8 Å². The van der Waals surface area contributed by atoms with Gasteiger partial charge in [0, 0.05) is 45.8 Å². The summed E-state index contributed by atoms with van der Waals surface area (Å²) in [5.74, 6) is 0.583. The molecule has 4 fully saturated rings. The zero-order valence-electron chi connectivity index (χ0n) is 22.9. The summed E-state index contributed by atoms with van der Waals surface area (Å²) >= 11 is 0. The van der Waals surface area contributed by atoms with Crippen molar-refractivity contribution in [2.24, 2.45) is 17.8 Å². The maximum Gasteiger partial charge on any atom is 0.318 e. The number of nitrogens with one attached hydrogen (secondary N) is 2. The number of carbonyl (C=O) groups is 2. The fraction of sp³-hybridized carbons (Fsp3) is 0.704. The molecular weight excluding hydrogens is 520 g/mol. The number of hydrazine groups is 1.